The molecule has 1 unspecified atom stereocenters. The van der Waals surface area contributed by atoms with Crippen molar-refractivity contribution in [1.29, 1.82) is 0 Å². The van der Waals surface area contributed by atoms with Crippen LogP contribution in [0.3, 0.4) is 0 Å². The topological polar surface area (TPSA) is 85.9 Å². The Labute approximate surface area is 90.2 Å². The number of aromatic amines is 2. The summed E-state index contributed by atoms with van der Waals surface area (Å²) in [6.45, 7) is 0. The van der Waals surface area contributed by atoms with Crippen LogP contribution in [0.15, 0.2) is 4.79 Å². The van der Waals surface area contributed by atoms with Crippen LogP contribution in [0.5, 0.6) is 0 Å². The number of hydrogen-bond acceptors (Lipinski definition) is 3. The largest absolute Gasteiger partial charge is 0.481 e. The minimum absolute atomic E-state index is 0.264. The van der Waals surface area contributed by atoms with Crippen LogP contribution in [-0.2, 0) is 17.6 Å². The first-order valence-corrected chi connectivity index (χ1v) is 5.06. The number of carboxylic acids is 1. The molecule has 0 bridgehead atoms. The summed E-state index contributed by atoms with van der Waals surface area (Å²) in [5.74, 6) is -1.30. The van der Waals surface area contributed by atoms with Crippen molar-refractivity contribution >= 4 is 18.2 Å². The number of rotatable bonds is 1. The molecule has 0 radical (unpaired) electrons. The number of carbonyl (C=O) groups is 1. The average molecular weight is 226 g/mol. The van der Waals surface area contributed by atoms with Crippen LogP contribution in [0.2, 0.25) is 0 Å². The number of H-pyrrole nitrogens is 2. The predicted molar refractivity (Wildman–Crippen MR) is 55.4 cm³/mol. The van der Waals surface area contributed by atoms with Gasteiger partial charge in [0, 0.05) is 11.3 Å². The highest BCUT2D eigenvalue weighted by molar-refractivity contribution is 7.71. The fraction of sp³-hybridized carbons (Fsp3) is 0.444. The molecule has 3 N–H and O–H groups in total. The molecule has 5 nitrogen and oxygen atoms in total. The van der Waals surface area contributed by atoms with Gasteiger partial charge in [-0.25, -0.2) is 0 Å². The van der Waals surface area contributed by atoms with E-state index in [4.69, 9.17) is 17.3 Å². The summed E-state index contributed by atoms with van der Waals surface area (Å²) in [7, 11) is 0. The molecule has 15 heavy (non-hydrogen) atoms. The number of carboxylic acid groups (broad SMARTS) is 1. The molecule has 0 saturated carbocycles. The summed E-state index contributed by atoms with van der Waals surface area (Å²) >= 11 is 4.84. The number of aliphatic carboxylic acids is 1. The molecule has 2 rings (SSSR count). The molecule has 1 heterocycles. The summed E-state index contributed by atoms with van der Waals surface area (Å²) in [6, 6.07) is 0. The number of aromatic nitrogens is 2. The second kappa shape index (κ2) is 3.62. The number of fused-ring (bicyclic) bond motifs is 1. The van der Waals surface area contributed by atoms with Crippen molar-refractivity contribution in [2.75, 3.05) is 0 Å². The molecule has 1 aromatic heterocycles. The molecule has 1 aromatic rings. The van der Waals surface area contributed by atoms with Crippen molar-refractivity contribution in [3.05, 3.63) is 26.4 Å². The summed E-state index contributed by atoms with van der Waals surface area (Å²) in [6.07, 6.45) is 1.41. The van der Waals surface area contributed by atoms with E-state index in [1.165, 1.54) is 0 Å². The third-order valence-corrected chi connectivity index (χ3v) is 2.88. The first-order chi connectivity index (χ1) is 7.08. The Kier molecular flexibility index (Phi) is 2.44. The van der Waals surface area contributed by atoms with Crippen LogP contribution >= 0.6 is 12.2 Å². The monoisotopic (exact) mass is 226 g/mol. The van der Waals surface area contributed by atoms with Crippen LogP contribution in [0.1, 0.15) is 17.7 Å². The van der Waals surface area contributed by atoms with Gasteiger partial charge >= 0.3 is 5.97 Å². The van der Waals surface area contributed by atoms with E-state index in [2.05, 4.69) is 9.97 Å². The van der Waals surface area contributed by atoms with Gasteiger partial charge in [0.2, 0.25) is 0 Å². The maximum absolute atomic E-state index is 11.5. The van der Waals surface area contributed by atoms with Crippen molar-refractivity contribution in [3.8, 4) is 0 Å². The molecule has 0 spiro atoms. The highest BCUT2D eigenvalue weighted by Gasteiger charge is 2.26. The van der Waals surface area contributed by atoms with Gasteiger partial charge in [0.15, 0.2) is 4.77 Å². The maximum Gasteiger partial charge on any atom is 0.306 e. The minimum atomic E-state index is -0.845. The van der Waals surface area contributed by atoms with Gasteiger partial charge < -0.3 is 10.1 Å². The summed E-state index contributed by atoms with van der Waals surface area (Å²) in [4.78, 5) is 27.7. The van der Waals surface area contributed by atoms with E-state index in [1.54, 1.807) is 0 Å². The van der Waals surface area contributed by atoms with Gasteiger partial charge in [0.1, 0.15) is 0 Å². The molecule has 0 fully saturated rings. The van der Waals surface area contributed by atoms with Crippen LogP contribution in [-0.4, -0.2) is 21.0 Å². The zero-order valence-electron chi connectivity index (χ0n) is 7.87. The van der Waals surface area contributed by atoms with Gasteiger partial charge in [-0.05, 0) is 31.5 Å². The normalized spacial score (nSPS) is 19.6. The Balaban J connectivity index is 2.46. The van der Waals surface area contributed by atoms with E-state index in [1.807, 2.05) is 0 Å². The van der Waals surface area contributed by atoms with E-state index in [9.17, 15) is 9.59 Å². The fourth-order valence-corrected chi connectivity index (χ4v) is 2.08. The molecule has 6 heteroatoms. The Hall–Kier alpha value is -1.43. The second-order valence-electron chi connectivity index (χ2n) is 3.64. The lowest BCUT2D eigenvalue weighted by Gasteiger charge is -2.19. The highest BCUT2D eigenvalue weighted by Crippen LogP contribution is 2.21. The number of nitrogens with one attached hydrogen (secondary N) is 2. The summed E-state index contributed by atoms with van der Waals surface area (Å²) in [5.41, 5.74) is 1.04. The third kappa shape index (κ3) is 1.85. The molecular weight excluding hydrogens is 216 g/mol. The lowest BCUT2D eigenvalue weighted by molar-refractivity contribution is -0.142. The first-order valence-electron chi connectivity index (χ1n) is 4.65. The SMILES string of the molecule is O=C(O)C1CCc2[nH]c(=S)[nH]c(=O)c2C1. The smallest absolute Gasteiger partial charge is 0.306 e. The van der Waals surface area contributed by atoms with Crippen molar-refractivity contribution < 1.29 is 9.90 Å². The van der Waals surface area contributed by atoms with E-state index >= 15 is 0 Å². The fourth-order valence-electron chi connectivity index (χ4n) is 1.87. The van der Waals surface area contributed by atoms with Crippen LogP contribution in [0, 0.1) is 10.7 Å². The highest BCUT2D eigenvalue weighted by atomic mass is 32.1. The Bertz CT molecular complexity index is 517. The van der Waals surface area contributed by atoms with Gasteiger partial charge in [0.25, 0.3) is 5.56 Å². The zero-order valence-corrected chi connectivity index (χ0v) is 8.69. The Morgan fingerprint density at radius 2 is 2.20 bits per heavy atom. The van der Waals surface area contributed by atoms with E-state index < -0.39 is 11.9 Å². The van der Waals surface area contributed by atoms with Crippen molar-refractivity contribution in [3.63, 3.8) is 0 Å². The maximum atomic E-state index is 11.5. The summed E-state index contributed by atoms with van der Waals surface area (Å²) < 4.78 is 0.299. The van der Waals surface area contributed by atoms with Crippen LogP contribution < -0.4 is 5.56 Å². The molecule has 0 amide bonds. The van der Waals surface area contributed by atoms with E-state index in [-0.39, 0.29) is 12.0 Å². The Morgan fingerprint density at radius 3 is 2.87 bits per heavy atom. The summed E-state index contributed by atoms with van der Waals surface area (Å²) in [5, 5.41) is 8.87. The van der Waals surface area contributed by atoms with Gasteiger partial charge in [-0.1, -0.05) is 0 Å². The quantitative estimate of drug-likeness (QED) is 0.613. The molecule has 1 atom stereocenters. The standard InChI is InChI=1S/C9H10N2O3S/c12-7-5-3-4(8(13)14)1-2-6(5)10-9(15)11-7/h4H,1-3H2,(H,13,14)(H2,10,11,12,15). The molecule has 1 aliphatic carbocycles. The van der Waals surface area contributed by atoms with Crippen molar-refractivity contribution in [2.45, 2.75) is 19.3 Å². The molecule has 0 aliphatic heterocycles. The number of hydrogen-bond donors (Lipinski definition) is 3. The van der Waals surface area contributed by atoms with Crippen LogP contribution in [0.25, 0.3) is 0 Å². The van der Waals surface area contributed by atoms with E-state index in [0.717, 1.165) is 5.69 Å². The molecule has 1 aliphatic rings. The first kappa shape index (κ1) is 10.1. The van der Waals surface area contributed by atoms with Gasteiger partial charge in [-0.15, -0.1) is 0 Å². The molecular formula is C9H10N2O3S. The zero-order chi connectivity index (χ0) is 11.0. The molecule has 0 saturated heterocycles. The lowest BCUT2D eigenvalue weighted by atomic mass is 9.87. The number of aryl methyl sites for hydroxylation is 1. The molecule has 80 valence electrons. The second-order valence-corrected chi connectivity index (χ2v) is 4.05. The molecule has 0 aromatic carbocycles. The third-order valence-electron chi connectivity index (χ3n) is 2.67. The minimum Gasteiger partial charge on any atom is -0.481 e. The van der Waals surface area contributed by atoms with Gasteiger partial charge in [-0.3, -0.25) is 14.6 Å². The van der Waals surface area contributed by atoms with Gasteiger partial charge in [-0.2, -0.15) is 0 Å². The van der Waals surface area contributed by atoms with Gasteiger partial charge in [0.05, 0.1) is 5.92 Å². The lowest BCUT2D eigenvalue weighted by Crippen LogP contribution is -2.29. The van der Waals surface area contributed by atoms with Crippen LogP contribution in [0.4, 0.5) is 0 Å². The Morgan fingerprint density at radius 1 is 1.47 bits per heavy atom. The predicted octanol–water partition coefficient (Wildman–Crippen LogP) is 0.622. The van der Waals surface area contributed by atoms with E-state index in [0.29, 0.717) is 23.2 Å². The van der Waals surface area contributed by atoms with Crippen molar-refractivity contribution in [2.24, 2.45) is 5.92 Å². The van der Waals surface area contributed by atoms with Crippen molar-refractivity contribution in [1.82, 2.24) is 9.97 Å². The average Bonchev–Trinajstić information content (AvgIpc) is 2.16.